The molecule has 0 radical (unpaired) electrons. The number of phosphoric ester groups is 1. The zero-order valence-corrected chi connectivity index (χ0v) is 40.7. The molecule has 0 heterocycles. The molecule has 64 heavy (non-hydrogen) atoms. The number of aliphatic hydroxyl groups excluding tert-OH is 1. The van der Waals surface area contributed by atoms with Gasteiger partial charge in [0.15, 0.2) is 6.04 Å². The van der Waals surface area contributed by atoms with Crippen molar-refractivity contribution in [2.24, 2.45) is 0 Å². The Kier molecular flexibility index (Phi) is 43.8. The van der Waals surface area contributed by atoms with Crippen LogP contribution in [0.15, 0.2) is 85.1 Å². The maximum absolute atomic E-state index is 12.3. The van der Waals surface area contributed by atoms with Crippen LogP contribution in [-0.4, -0.2) is 64.9 Å². The predicted molar refractivity (Wildman–Crippen MR) is 263 cm³/mol. The summed E-state index contributed by atoms with van der Waals surface area (Å²) < 4.78 is 26.9. The van der Waals surface area contributed by atoms with Crippen LogP contribution in [0, 0.1) is 0 Å². The molecule has 0 saturated heterocycles. The third-order valence-corrected chi connectivity index (χ3v) is 11.1. The van der Waals surface area contributed by atoms with Crippen LogP contribution < -0.4 is 5.32 Å². The smallest absolute Gasteiger partial charge is 0.472 e. The summed E-state index contributed by atoms with van der Waals surface area (Å²) in [6.45, 7) is 2.42. The Morgan fingerprint density at radius 2 is 0.922 bits per heavy atom. The van der Waals surface area contributed by atoms with E-state index in [4.69, 9.17) is 13.8 Å². The molecule has 4 N–H and O–H groups in total. The predicted octanol–water partition coefficient (Wildman–Crippen LogP) is 13.4. The molecule has 0 bridgehead atoms. The van der Waals surface area contributed by atoms with Crippen LogP contribution in [0.4, 0.5) is 0 Å². The number of carboxylic acid groups (broad SMARTS) is 1. The maximum atomic E-state index is 12.3. The highest BCUT2D eigenvalue weighted by Crippen LogP contribution is 2.43. The van der Waals surface area contributed by atoms with Gasteiger partial charge >= 0.3 is 19.8 Å². The van der Waals surface area contributed by atoms with Gasteiger partial charge in [0.25, 0.3) is 0 Å². The molecule has 366 valence electrons. The number of ether oxygens (including phenoxy) is 1. The summed E-state index contributed by atoms with van der Waals surface area (Å²) in [7, 11) is -4.78. The van der Waals surface area contributed by atoms with Crippen molar-refractivity contribution in [3.63, 3.8) is 0 Å². The lowest BCUT2D eigenvalue weighted by atomic mass is 10.0. The van der Waals surface area contributed by atoms with Crippen LogP contribution in [-0.2, 0) is 32.7 Å². The average Bonchev–Trinajstić information content (AvgIpc) is 3.27. The molecule has 0 saturated carbocycles. The molecule has 0 aromatic carbocycles. The minimum absolute atomic E-state index is 0.0633. The van der Waals surface area contributed by atoms with Crippen LogP contribution in [0.5, 0.6) is 0 Å². The summed E-state index contributed by atoms with van der Waals surface area (Å²) in [6.07, 6.45) is 57.6. The summed E-state index contributed by atoms with van der Waals surface area (Å²) in [5.74, 6) is -2.46. The number of hydrogen-bond acceptors (Lipinski definition) is 8. The van der Waals surface area contributed by atoms with Crippen molar-refractivity contribution in [1.29, 1.82) is 0 Å². The van der Waals surface area contributed by atoms with E-state index in [0.29, 0.717) is 19.3 Å². The van der Waals surface area contributed by atoms with E-state index >= 15 is 0 Å². The van der Waals surface area contributed by atoms with Crippen molar-refractivity contribution in [2.45, 2.75) is 206 Å². The Bertz CT molecular complexity index is 1400. The minimum atomic E-state index is -4.78. The second-order valence-corrected chi connectivity index (χ2v) is 17.7. The summed E-state index contributed by atoms with van der Waals surface area (Å²) in [4.78, 5) is 46.0. The first-order chi connectivity index (χ1) is 31.1. The standard InChI is InChI=1S/C52H88NO10P/c1-3-5-7-9-11-13-15-17-19-21-22-23-24-25-26-28-30-32-34-36-38-40-42-44-51(56)61-45-48(54)46-62-64(59,60)63-47-49(52(57)58)53-50(55)43-41-39-37-35-33-31-29-27-20-18-16-14-12-10-8-6-4-2/h6,8,11-14,17-20,29,31,35,37,48-49,54H,3-5,7,9-10,15-16,21-28,30,32-34,36,38-47H2,1-2H3,(H,53,55)(H,57,58)(H,59,60)/b8-6-,13-11-,14-12-,19-17-,20-18-,31-29-,37-35-. The van der Waals surface area contributed by atoms with Crippen molar-refractivity contribution >= 4 is 25.7 Å². The molecule has 0 aliphatic carbocycles. The summed E-state index contributed by atoms with van der Waals surface area (Å²) in [6, 6.07) is -1.58. The number of aliphatic hydroxyl groups is 1. The van der Waals surface area contributed by atoms with Crippen molar-refractivity contribution in [1.82, 2.24) is 5.32 Å². The topological polar surface area (TPSA) is 169 Å². The Labute approximate surface area is 388 Å². The summed E-state index contributed by atoms with van der Waals surface area (Å²) in [5, 5.41) is 21.8. The molecule has 0 fully saturated rings. The number of allylic oxidation sites excluding steroid dienone is 14. The number of esters is 1. The van der Waals surface area contributed by atoms with E-state index in [1.54, 1.807) is 0 Å². The highest BCUT2D eigenvalue weighted by molar-refractivity contribution is 7.47. The number of carboxylic acids is 1. The number of amides is 1. The molecule has 0 aliphatic heterocycles. The Morgan fingerprint density at radius 3 is 1.39 bits per heavy atom. The molecule has 1 amide bonds. The van der Waals surface area contributed by atoms with Gasteiger partial charge in [0, 0.05) is 12.8 Å². The van der Waals surface area contributed by atoms with E-state index in [9.17, 15) is 34.1 Å². The number of nitrogens with one attached hydrogen (secondary N) is 1. The zero-order valence-electron chi connectivity index (χ0n) is 39.8. The van der Waals surface area contributed by atoms with Crippen LogP contribution in [0.1, 0.15) is 194 Å². The van der Waals surface area contributed by atoms with Gasteiger partial charge in [-0.1, -0.05) is 182 Å². The van der Waals surface area contributed by atoms with E-state index in [1.165, 1.54) is 89.9 Å². The number of carbonyl (C=O) groups is 3. The van der Waals surface area contributed by atoms with Crippen LogP contribution in [0.3, 0.4) is 0 Å². The van der Waals surface area contributed by atoms with E-state index < -0.39 is 57.6 Å². The summed E-state index contributed by atoms with van der Waals surface area (Å²) in [5.41, 5.74) is 0. The quantitative estimate of drug-likeness (QED) is 0.0200. The fourth-order valence-electron chi connectivity index (χ4n) is 6.38. The number of aliphatic carboxylic acids is 1. The molecular weight excluding hydrogens is 830 g/mol. The Balaban J connectivity index is 3.89. The average molecular weight is 918 g/mol. The fraction of sp³-hybridized carbons (Fsp3) is 0.673. The van der Waals surface area contributed by atoms with Gasteiger partial charge in [-0.2, -0.15) is 0 Å². The van der Waals surface area contributed by atoms with Crippen LogP contribution in [0.2, 0.25) is 0 Å². The molecule has 0 aromatic heterocycles. The van der Waals surface area contributed by atoms with Gasteiger partial charge in [-0.25, -0.2) is 9.36 Å². The van der Waals surface area contributed by atoms with Crippen molar-refractivity contribution in [3.8, 4) is 0 Å². The molecule has 3 unspecified atom stereocenters. The number of unbranched alkanes of at least 4 members (excludes halogenated alkanes) is 17. The van der Waals surface area contributed by atoms with Crippen LogP contribution >= 0.6 is 7.82 Å². The van der Waals surface area contributed by atoms with Gasteiger partial charge in [0.05, 0.1) is 13.2 Å². The molecular formula is C52H88NO10P. The second kappa shape index (κ2) is 46.2. The first-order valence-electron chi connectivity index (χ1n) is 24.6. The van der Waals surface area contributed by atoms with Gasteiger partial charge in [0.2, 0.25) is 5.91 Å². The Hall–Kier alpha value is -3.34. The molecule has 0 spiro atoms. The van der Waals surface area contributed by atoms with Gasteiger partial charge in [-0.3, -0.25) is 18.6 Å². The molecule has 11 nitrogen and oxygen atoms in total. The van der Waals surface area contributed by atoms with E-state index in [-0.39, 0.29) is 12.8 Å². The third kappa shape index (κ3) is 45.2. The van der Waals surface area contributed by atoms with Crippen molar-refractivity contribution < 1.29 is 47.8 Å². The van der Waals surface area contributed by atoms with Gasteiger partial charge in [-0.15, -0.1) is 0 Å². The van der Waals surface area contributed by atoms with Crippen molar-refractivity contribution in [2.75, 3.05) is 19.8 Å². The number of hydrogen-bond donors (Lipinski definition) is 4. The number of phosphoric acid groups is 1. The largest absolute Gasteiger partial charge is 0.480 e. The van der Waals surface area contributed by atoms with Crippen LogP contribution in [0.25, 0.3) is 0 Å². The summed E-state index contributed by atoms with van der Waals surface area (Å²) >= 11 is 0. The van der Waals surface area contributed by atoms with E-state index in [2.05, 4.69) is 92.1 Å². The lowest BCUT2D eigenvalue weighted by Crippen LogP contribution is -2.43. The fourth-order valence-corrected chi connectivity index (χ4v) is 7.15. The third-order valence-electron chi connectivity index (χ3n) is 10.2. The molecule has 0 rings (SSSR count). The lowest BCUT2D eigenvalue weighted by Gasteiger charge is -2.18. The van der Waals surface area contributed by atoms with E-state index in [1.807, 2.05) is 12.2 Å². The number of rotatable bonds is 45. The highest BCUT2D eigenvalue weighted by Gasteiger charge is 2.28. The molecule has 0 aliphatic rings. The van der Waals surface area contributed by atoms with Gasteiger partial charge in [-0.05, 0) is 83.5 Å². The molecule has 3 atom stereocenters. The monoisotopic (exact) mass is 918 g/mol. The molecule has 12 heteroatoms. The molecule has 0 aromatic rings. The second-order valence-electron chi connectivity index (χ2n) is 16.3. The lowest BCUT2D eigenvalue weighted by molar-refractivity contribution is -0.147. The zero-order chi connectivity index (χ0) is 47.0. The first kappa shape index (κ1) is 60.7. The maximum Gasteiger partial charge on any atom is 0.472 e. The minimum Gasteiger partial charge on any atom is -0.480 e. The van der Waals surface area contributed by atoms with E-state index in [0.717, 1.165) is 57.8 Å². The SMILES string of the molecule is CC/C=C\C/C=C\C/C=C\C/C=C\C/C=C\CCCC(=O)NC(COP(=O)(O)OCC(O)COC(=O)CCCCCCCCCCCCCCC/C=C\C/C=C\CCCCC)C(=O)O. The number of carbonyl (C=O) groups excluding carboxylic acids is 2. The van der Waals surface area contributed by atoms with Gasteiger partial charge < -0.3 is 25.2 Å². The normalized spacial score (nSPS) is 14.3. The highest BCUT2D eigenvalue weighted by atomic mass is 31.2. The van der Waals surface area contributed by atoms with Gasteiger partial charge in [0.1, 0.15) is 12.7 Å². The Morgan fingerprint density at radius 1 is 0.516 bits per heavy atom. The van der Waals surface area contributed by atoms with Crippen molar-refractivity contribution in [3.05, 3.63) is 85.1 Å². The first-order valence-corrected chi connectivity index (χ1v) is 26.1.